The van der Waals surface area contributed by atoms with E-state index in [0.29, 0.717) is 48.5 Å². The van der Waals surface area contributed by atoms with Gasteiger partial charge in [0.25, 0.3) is 11.5 Å². The molecule has 3 N–H and O–H groups in total. The maximum atomic E-state index is 13.5. The van der Waals surface area contributed by atoms with E-state index in [2.05, 4.69) is 15.4 Å². The minimum atomic E-state index is -0.436. The van der Waals surface area contributed by atoms with Gasteiger partial charge >= 0.3 is 0 Å². The predicted octanol–water partition coefficient (Wildman–Crippen LogP) is 3.58. The molecule has 8 nitrogen and oxygen atoms in total. The molecule has 1 fully saturated rings. The van der Waals surface area contributed by atoms with Crippen LogP contribution in [0.3, 0.4) is 0 Å². The van der Waals surface area contributed by atoms with E-state index in [1.807, 2.05) is 0 Å². The van der Waals surface area contributed by atoms with Crippen LogP contribution < -0.4 is 10.9 Å². The van der Waals surface area contributed by atoms with Crippen molar-refractivity contribution in [3.8, 4) is 0 Å². The van der Waals surface area contributed by atoms with Gasteiger partial charge in [0, 0.05) is 41.4 Å². The number of morpholine rings is 1. The van der Waals surface area contributed by atoms with Crippen LogP contribution in [-0.2, 0) is 4.74 Å². The van der Waals surface area contributed by atoms with Crippen molar-refractivity contribution in [2.75, 3.05) is 31.6 Å². The van der Waals surface area contributed by atoms with E-state index in [0.717, 1.165) is 0 Å². The number of rotatable bonds is 5. The quantitative estimate of drug-likeness (QED) is 0.547. The van der Waals surface area contributed by atoms with Gasteiger partial charge in [-0.05, 0) is 48.5 Å². The number of nitrogens with one attached hydrogen (secondary N) is 3. The molecule has 0 radical (unpaired) electrons. The number of hydrogen-bond donors (Lipinski definition) is 3. The fourth-order valence-electron chi connectivity index (χ4n) is 3.35. The van der Waals surface area contributed by atoms with Crippen LogP contribution in [-0.4, -0.2) is 42.1 Å². The van der Waals surface area contributed by atoms with E-state index in [1.54, 1.807) is 29.2 Å². The average Bonchev–Trinajstić information content (AvgIpc) is 2.80. The monoisotopic (exact) mass is 421 g/mol. The van der Waals surface area contributed by atoms with Crippen molar-refractivity contribution in [1.29, 1.82) is 5.53 Å². The summed E-state index contributed by atoms with van der Waals surface area (Å²) in [4.78, 5) is 29.3. The minimum absolute atomic E-state index is 0.0535. The molecule has 0 unspecified atom stereocenters. The van der Waals surface area contributed by atoms with E-state index < -0.39 is 11.4 Å². The third-order valence-corrected chi connectivity index (χ3v) is 5.01. The van der Waals surface area contributed by atoms with Crippen LogP contribution in [0.1, 0.15) is 15.9 Å². The van der Waals surface area contributed by atoms with E-state index in [-0.39, 0.29) is 17.2 Å². The Morgan fingerprint density at radius 1 is 1.16 bits per heavy atom. The smallest absolute Gasteiger partial charge is 0.258 e. The molecule has 3 aromatic rings. The van der Waals surface area contributed by atoms with Crippen molar-refractivity contribution in [2.45, 2.75) is 0 Å². The summed E-state index contributed by atoms with van der Waals surface area (Å²) in [7, 11) is 0. The second-order valence-electron chi connectivity index (χ2n) is 7.01. The number of nitrogens with zero attached hydrogens (tertiary/aromatic N) is 2. The minimum Gasteiger partial charge on any atom is -0.378 e. The van der Waals surface area contributed by atoms with Crippen LogP contribution in [0.4, 0.5) is 10.1 Å². The van der Waals surface area contributed by atoms with Crippen molar-refractivity contribution in [3.63, 3.8) is 0 Å². The summed E-state index contributed by atoms with van der Waals surface area (Å²) in [5.74, 6) is -0.481. The van der Waals surface area contributed by atoms with Gasteiger partial charge in [0.15, 0.2) is 0 Å². The first-order valence-corrected chi connectivity index (χ1v) is 9.69. The second-order valence-corrected chi connectivity index (χ2v) is 7.01. The van der Waals surface area contributed by atoms with Crippen LogP contribution in [0.15, 0.2) is 64.6 Å². The van der Waals surface area contributed by atoms with Crippen molar-refractivity contribution in [1.82, 2.24) is 9.88 Å². The molecule has 0 aliphatic carbocycles. The Bertz CT molecular complexity index is 1210. The fourth-order valence-corrected chi connectivity index (χ4v) is 3.35. The lowest BCUT2D eigenvalue weighted by Crippen LogP contribution is -2.40. The number of hydrogen-bond acceptors (Lipinski definition) is 6. The molecule has 2 heterocycles. The zero-order valence-corrected chi connectivity index (χ0v) is 16.5. The van der Waals surface area contributed by atoms with Crippen LogP contribution in [0, 0.1) is 11.3 Å². The molecule has 1 amide bonds. The maximum absolute atomic E-state index is 13.5. The fraction of sp³-hybridized carbons (Fsp3) is 0.182. The number of halogens is 1. The van der Waals surface area contributed by atoms with Crippen molar-refractivity contribution in [2.24, 2.45) is 5.11 Å². The lowest BCUT2D eigenvalue weighted by atomic mass is 10.1. The van der Waals surface area contributed by atoms with Crippen LogP contribution >= 0.6 is 0 Å². The molecule has 9 heteroatoms. The molecule has 0 saturated carbocycles. The zero-order chi connectivity index (χ0) is 21.8. The first-order chi connectivity index (χ1) is 15.0. The summed E-state index contributed by atoms with van der Waals surface area (Å²) in [5, 5.41) is 6.91. The Labute approximate surface area is 176 Å². The summed E-state index contributed by atoms with van der Waals surface area (Å²) < 4.78 is 18.8. The Morgan fingerprint density at radius 2 is 1.90 bits per heavy atom. The number of anilines is 1. The van der Waals surface area contributed by atoms with E-state index in [1.165, 1.54) is 30.5 Å². The maximum Gasteiger partial charge on any atom is 0.258 e. The Kier molecular flexibility index (Phi) is 5.85. The summed E-state index contributed by atoms with van der Waals surface area (Å²) in [6.45, 7) is 2.21. The average molecular weight is 421 g/mol. The SMILES string of the molecule is N=N/C(=C\Nc1ccc(C(=O)N2CCOCC2)cc1)c1cc2cc(F)ccc2[nH]c1=O. The third-order valence-electron chi connectivity index (χ3n) is 5.01. The lowest BCUT2D eigenvalue weighted by molar-refractivity contribution is 0.0303. The number of H-pyrrole nitrogens is 1. The first kappa shape index (κ1) is 20.4. The molecule has 4 rings (SSSR count). The second kappa shape index (κ2) is 8.88. The van der Waals surface area contributed by atoms with E-state index in [9.17, 15) is 14.0 Å². The molecule has 1 aliphatic rings. The van der Waals surface area contributed by atoms with E-state index in [4.69, 9.17) is 10.3 Å². The van der Waals surface area contributed by atoms with Gasteiger partial charge in [-0.3, -0.25) is 9.59 Å². The molecule has 0 bridgehead atoms. The van der Waals surface area contributed by atoms with Gasteiger partial charge in [0.05, 0.1) is 18.8 Å². The zero-order valence-electron chi connectivity index (χ0n) is 16.5. The number of fused-ring (bicyclic) bond motifs is 1. The van der Waals surface area contributed by atoms with Gasteiger partial charge in [-0.1, -0.05) is 0 Å². The standard InChI is InChI=1S/C22H20FN5O3/c23-16-3-6-19-15(11-16)12-18(21(29)26-19)20(27-24)13-25-17-4-1-14(2-5-17)22(30)28-7-9-31-10-8-28/h1-6,11-13,24-25H,7-10H2,(H,26,29)/b20-13-,27-24?. The van der Waals surface area contributed by atoms with Gasteiger partial charge in [-0.2, -0.15) is 5.11 Å². The highest BCUT2D eigenvalue weighted by Crippen LogP contribution is 2.19. The molecule has 1 aliphatic heterocycles. The first-order valence-electron chi connectivity index (χ1n) is 9.69. The molecular formula is C22H20FN5O3. The molecular weight excluding hydrogens is 401 g/mol. The molecule has 1 aromatic heterocycles. The Morgan fingerprint density at radius 3 is 2.61 bits per heavy atom. The highest BCUT2D eigenvalue weighted by molar-refractivity contribution is 5.94. The summed E-state index contributed by atoms with van der Waals surface area (Å²) >= 11 is 0. The highest BCUT2D eigenvalue weighted by Gasteiger charge is 2.18. The number of benzene rings is 2. The third kappa shape index (κ3) is 4.51. The number of carbonyl (C=O) groups is 1. The van der Waals surface area contributed by atoms with Gasteiger partial charge < -0.3 is 19.9 Å². The topological polar surface area (TPSA) is 111 Å². The van der Waals surface area contributed by atoms with Crippen molar-refractivity contribution in [3.05, 3.63) is 82.0 Å². The molecule has 1 saturated heterocycles. The van der Waals surface area contributed by atoms with Crippen LogP contribution in [0.25, 0.3) is 16.6 Å². The van der Waals surface area contributed by atoms with Gasteiger partial charge in [-0.15, -0.1) is 0 Å². The largest absolute Gasteiger partial charge is 0.378 e. The Hall–Kier alpha value is -3.85. The Balaban J connectivity index is 1.53. The number of aromatic nitrogens is 1. The van der Waals surface area contributed by atoms with Gasteiger partial charge in [0.1, 0.15) is 11.5 Å². The summed E-state index contributed by atoms with van der Waals surface area (Å²) in [6, 6.07) is 12.4. The number of ether oxygens (including phenoxy) is 1. The number of amides is 1. The summed E-state index contributed by atoms with van der Waals surface area (Å²) in [6.07, 6.45) is 1.42. The normalized spacial score (nSPS) is 14.5. The van der Waals surface area contributed by atoms with Crippen LogP contribution in [0.5, 0.6) is 0 Å². The summed E-state index contributed by atoms with van der Waals surface area (Å²) in [5.41, 5.74) is 8.94. The molecule has 0 spiro atoms. The van der Waals surface area contributed by atoms with Crippen LogP contribution in [0.2, 0.25) is 0 Å². The van der Waals surface area contributed by atoms with Gasteiger partial charge in [0.2, 0.25) is 0 Å². The predicted molar refractivity (Wildman–Crippen MR) is 114 cm³/mol. The van der Waals surface area contributed by atoms with E-state index >= 15 is 0 Å². The molecule has 2 aromatic carbocycles. The van der Waals surface area contributed by atoms with Crippen molar-refractivity contribution < 1.29 is 13.9 Å². The van der Waals surface area contributed by atoms with Crippen molar-refractivity contribution >= 4 is 28.2 Å². The highest BCUT2D eigenvalue weighted by atomic mass is 19.1. The van der Waals surface area contributed by atoms with Gasteiger partial charge in [-0.25, -0.2) is 9.92 Å². The molecule has 31 heavy (non-hydrogen) atoms. The molecule has 158 valence electrons. The number of carbonyl (C=O) groups excluding carboxylic acids is 1. The molecule has 0 atom stereocenters. The number of aromatic amines is 1. The lowest BCUT2D eigenvalue weighted by Gasteiger charge is -2.26. The number of pyridine rings is 1.